The summed E-state index contributed by atoms with van der Waals surface area (Å²) in [7, 11) is 1.90. The standard InChI is InChI=1S/C13H16FNO2/c1-13(2,12(16)17)10-7-15(3)11-5-4-8(14)6-9(10)11/h4-6,10H,7H2,1-3H3,(H,16,17). The van der Waals surface area contributed by atoms with Crippen molar-refractivity contribution in [2.24, 2.45) is 5.41 Å². The number of benzene rings is 1. The lowest BCUT2D eigenvalue weighted by atomic mass is 9.76. The zero-order valence-corrected chi connectivity index (χ0v) is 10.2. The van der Waals surface area contributed by atoms with E-state index in [1.807, 2.05) is 11.9 Å². The number of hydrogen-bond acceptors (Lipinski definition) is 2. The van der Waals surface area contributed by atoms with Gasteiger partial charge in [0.15, 0.2) is 0 Å². The Balaban J connectivity index is 2.49. The van der Waals surface area contributed by atoms with Gasteiger partial charge in [-0.25, -0.2) is 4.39 Å². The zero-order chi connectivity index (χ0) is 12.8. The average Bonchev–Trinajstić information content (AvgIpc) is 2.56. The van der Waals surface area contributed by atoms with Gasteiger partial charge >= 0.3 is 5.97 Å². The van der Waals surface area contributed by atoms with Crippen LogP contribution in [0.25, 0.3) is 0 Å². The number of halogens is 1. The summed E-state index contributed by atoms with van der Waals surface area (Å²) in [5.41, 5.74) is 0.818. The quantitative estimate of drug-likeness (QED) is 0.859. The number of carboxylic acids is 1. The SMILES string of the molecule is CN1CC(C(C)(C)C(=O)O)c2cc(F)ccc21. The van der Waals surface area contributed by atoms with E-state index >= 15 is 0 Å². The lowest BCUT2D eigenvalue weighted by Gasteiger charge is -2.27. The second-order valence-electron chi connectivity index (χ2n) is 5.16. The van der Waals surface area contributed by atoms with Gasteiger partial charge in [-0.15, -0.1) is 0 Å². The first-order valence-corrected chi connectivity index (χ1v) is 5.58. The second kappa shape index (κ2) is 3.72. The van der Waals surface area contributed by atoms with Crippen LogP contribution >= 0.6 is 0 Å². The highest BCUT2D eigenvalue weighted by atomic mass is 19.1. The largest absolute Gasteiger partial charge is 0.481 e. The molecule has 1 aromatic carbocycles. The third-order valence-corrected chi connectivity index (χ3v) is 3.66. The molecule has 92 valence electrons. The Morgan fingerprint density at radius 2 is 2.18 bits per heavy atom. The minimum atomic E-state index is -0.896. The van der Waals surface area contributed by atoms with Crippen LogP contribution in [0.5, 0.6) is 0 Å². The van der Waals surface area contributed by atoms with E-state index in [2.05, 4.69) is 0 Å². The van der Waals surface area contributed by atoms with Crippen molar-refractivity contribution in [2.75, 3.05) is 18.5 Å². The highest BCUT2D eigenvalue weighted by Gasteiger charge is 2.43. The number of hydrogen-bond donors (Lipinski definition) is 1. The number of carbonyl (C=O) groups is 1. The molecule has 0 fully saturated rings. The van der Waals surface area contributed by atoms with Gasteiger partial charge in [-0.05, 0) is 37.6 Å². The van der Waals surface area contributed by atoms with Gasteiger partial charge in [0, 0.05) is 25.2 Å². The minimum absolute atomic E-state index is 0.185. The summed E-state index contributed by atoms with van der Waals surface area (Å²) in [5.74, 6) is -1.35. The molecule has 0 radical (unpaired) electrons. The van der Waals surface area contributed by atoms with Crippen LogP contribution in [0.1, 0.15) is 25.3 Å². The summed E-state index contributed by atoms with van der Waals surface area (Å²) in [4.78, 5) is 13.3. The van der Waals surface area contributed by atoms with E-state index in [1.54, 1.807) is 19.9 Å². The van der Waals surface area contributed by atoms with Crippen molar-refractivity contribution in [3.63, 3.8) is 0 Å². The van der Waals surface area contributed by atoms with Gasteiger partial charge in [0.1, 0.15) is 5.82 Å². The van der Waals surface area contributed by atoms with Crippen molar-refractivity contribution in [1.82, 2.24) is 0 Å². The van der Waals surface area contributed by atoms with E-state index < -0.39 is 11.4 Å². The van der Waals surface area contributed by atoms with Crippen molar-refractivity contribution in [1.29, 1.82) is 0 Å². The molecule has 0 saturated carbocycles. The Morgan fingerprint density at radius 3 is 2.76 bits per heavy atom. The van der Waals surface area contributed by atoms with Gasteiger partial charge in [-0.1, -0.05) is 0 Å². The summed E-state index contributed by atoms with van der Waals surface area (Å²) in [5, 5.41) is 9.27. The monoisotopic (exact) mass is 237 g/mol. The number of nitrogens with zero attached hydrogens (tertiary/aromatic N) is 1. The number of fused-ring (bicyclic) bond motifs is 1. The van der Waals surface area contributed by atoms with Crippen molar-refractivity contribution in [2.45, 2.75) is 19.8 Å². The van der Waals surface area contributed by atoms with E-state index in [4.69, 9.17) is 0 Å². The fourth-order valence-corrected chi connectivity index (χ4v) is 2.39. The van der Waals surface area contributed by atoms with Crippen LogP contribution in [-0.4, -0.2) is 24.7 Å². The van der Waals surface area contributed by atoms with E-state index in [0.29, 0.717) is 6.54 Å². The lowest BCUT2D eigenvalue weighted by molar-refractivity contribution is -0.148. The fourth-order valence-electron chi connectivity index (χ4n) is 2.39. The van der Waals surface area contributed by atoms with Crippen LogP contribution in [0.15, 0.2) is 18.2 Å². The molecule has 1 atom stereocenters. The summed E-state index contributed by atoms with van der Waals surface area (Å²) < 4.78 is 13.3. The Morgan fingerprint density at radius 1 is 1.53 bits per heavy atom. The molecule has 0 saturated heterocycles. The third kappa shape index (κ3) is 1.77. The Bertz CT molecular complexity index is 470. The Hall–Kier alpha value is -1.58. The second-order valence-corrected chi connectivity index (χ2v) is 5.16. The summed E-state index contributed by atoms with van der Waals surface area (Å²) in [6, 6.07) is 4.57. The maximum absolute atomic E-state index is 13.3. The molecule has 3 nitrogen and oxygen atoms in total. The first-order chi connectivity index (χ1) is 7.84. The molecule has 2 rings (SSSR count). The highest BCUT2D eigenvalue weighted by molar-refractivity contribution is 5.77. The van der Waals surface area contributed by atoms with Crippen LogP contribution in [-0.2, 0) is 4.79 Å². The molecule has 0 aromatic heterocycles. The Kier molecular flexibility index (Phi) is 2.60. The van der Waals surface area contributed by atoms with Gasteiger partial charge in [0.2, 0.25) is 0 Å². The predicted molar refractivity (Wildman–Crippen MR) is 63.8 cm³/mol. The van der Waals surface area contributed by atoms with E-state index in [9.17, 15) is 14.3 Å². The smallest absolute Gasteiger partial charge is 0.309 e. The topological polar surface area (TPSA) is 40.5 Å². The molecular weight excluding hydrogens is 221 g/mol. The highest BCUT2D eigenvalue weighted by Crippen LogP contribution is 2.45. The molecular formula is C13H16FNO2. The maximum atomic E-state index is 13.3. The third-order valence-electron chi connectivity index (χ3n) is 3.66. The zero-order valence-electron chi connectivity index (χ0n) is 10.2. The lowest BCUT2D eigenvalue weighted by Crippen LogP contribution is -2.33. The van der Waals surface area contributed by atoms with Crippen LogP contribution in [0, 0.1) is 11.2 Å². The summed E-state index contributed by atoms with van der Waals surface area (Å²) in [6.45, 7) is 3.99. The van der Waals surface area contributed by atoms with Crippen molar-refractivity contribution >= 4 is 11.7 Å². The van der Waals surface area contributed by atoms with Crippen molar-refractivity contribution in [3.05, 3.63) is 29.6 Å². The molecule has 1 aromatic rings. The molecule has 4 heteroatoms. The number of likely N-dealkylation sites (N-methyl/N-ethyl adjacent to an activating group) is 1. The van der Waals surface area contributed by atoms with E-state index in [-0.39, 0.29) is 11.7 Å². The Labute approximate surface area is 99.9 Å². The van der Waals surface area contributed by atoms with Gasteiger partial charge in [-0.2, -0.15) is 0 Å². The molecule has 1 aliphatic heterocycles. The van der Waals surface area contributed by atoms with Gasteiger partial charge in [0.05, 0.1) is 5.41 Å². The molecule has 1 N–H and O–H groups in total. The number of aliphatic carboxylic acids is 1. The van der Waals surface area contributed by atoms with Gasteiger partial charge in [0.25, 0.3) is 0 Å². The van der Waals surface area contributed by atoms with Crippen LogP contribution < -0.4 is 4.90 Å². The van der Waals surface area contributed by atoms with Crippen LogP contribution in [0.2, 0.25) is 0 Å². The molecule has 1 unspecified atom stereocenters. The van der Waals surface area contributed by atoms with Crippen LogP contribution in [0.3, 0.4) is 0 Å². The average molecular weight is 237 g/mol. The normalized spacial score (nSPS) is 19.3. The van der Waals surface area contributed by atoms with Gasteiger partial charge < -0.3 is 10.0 Å². The van der Waals surface area contributed by atoms with Gasteiger partial charge in [-0.3, -0.25) is 4.79 Å². The first kappa shape index (κ1) is 11.9. The van der Waals surface area contributed by atoms with Crippen molar-refractivity contribution in [3.8, 4) is 0 Å². The molecule has 1 aliphatic rings. The van der Waals surface area contributed by atoms with Crippen LogP contribution in [0.4, 0.5) is 10.1 Å². The molecule has 17 heavy (non-hydrogen) atoms. The minimum Gasteiger partial charge on any atom is -0.481 e. The number of anilines is 1. The molecule has 0 aliphatic carbocycles. The summed E-state index contributed by atoms with van der Waals surface area (Å²) >= 11 is 0. The molecule has 0 spiro atoms. The van der Waals surface area contributed by atoms with Crippen molar-refractivity contribution < 1.29 is 14.3 Å². The predicted octanol–water partition coefficient (Wildman–Crippen LogP) is 2.47. The number of rotatable bonds is 2. The number of carboxylic acid groups (broad SMARTS) is 1. The summed E-state index contributed by atoms with van der Waals surface area (Å²) in [6.07, 6.45) is 0. The molecule has 0 bridgehead atoms. The maximum Gasteiger partial charge on any atom is 0.309 e. The molecule has 0 amide bonds. The first-order valence-electron chi connectivity index (χ1n) is 5.58. The molecule has 1 heterocycles. The van der Waals surface area contributed by atoms with E-state index in [1.165, 1.54) is 12.1 Å². The fraction of sp³-hybridized carbons (Fsp3) is 0.462. The van der Waals surface area contributed by atoms with E-state index in [0.717, 1.165) is 11.3 Å².